The second-order valence-electron chi connectivity index (χ2n) is 4.30. The number of carboxylic acid groups (broad SMARTS) is 1. The van der Waals surface area contributed by atoms with E-state index in [-0.39, 0.29) is 12.2 Å². The summed E-state index contributed by atoms with van der Waals surface area (Å²) in [7, 11) is 0. The molecule has 2 aromatic rings. The minimum absolute atomic E-state index is 0.139. The topological polar surface area (TPSA) is 82.2 Å². The average Bonchev–Trinajstić information content (AvgIpc) is 2.70. The van der Waals surface area contributed by atoms with Crippen LogP contribution < -0.4 is 5.32 Å². The molecule has 0 saturated carbocycles. The van der Waals surface area contributed by atoms with E-state index in [1.807, 2.05) is 0 Å². The van der Waals surface area contributed by atoms with Gasteiger partial charge >= 0.3 is 5.97 Å². The highest BCUT2D eigenvalue weighted by molar-refractivity contribution is 5.86. The minimum Gasteiger partial charge on any atom is -0.480 e. The molecule has 19 heavy (non-hydrogen) atoms. The van der Waals surface area contributed by atoms with Gasteiger partial charge in [-0.15, -0.1) is 0 Å². The number of halogens is 1. The molecule has 5 nitrogen and oxygen atoms in total. The number of carboxylic acids is 1. The summed E-state index contributed by atoms with van der Waals surface area (Å²) in [5.41, 5.74) is 1.32. The van der Waals surface area contributed by atoms with Gasteiger partial charge in [0.05, 0.1) is 0 Å². The summed E-state index contributed by atoms with van der Waals surface area (Å²) in [5.74, 6) is -1.87. The molecule has 0 aliphatic carbocycles. The van der Waals surface area contributed by atoms with Crippen LogP contribution in [0, 0.1) is 5.82 Å². The summed E-state index contributed by atoms with van der Waals surface area (Å²) in [6.07, 6.45) is 1.77. The van der Waals surface area contributed by atoms with Crippen LogP contribution in [0.5, 0.6) is 0 Å². The number of aliphatic carboxylic acids is 1. The van der Waals surface area contributed by atoms with Gasteiger partial charge in [-0.2, -0.15) is 0 Å². The van der Waals surface area contributed by atoms with Crippen molar-refractivity contribution in [1.82, 2.24) is 10.3 Å². The molecule has 0 aliphatic heterocycles. The Morgan fingerprint density at radius 3 is 2.84 bits per heavy atom. The molecule has 0 saturated heterocycles. The van der Waals surface area contributed by atoms with Gasteiger partial charge in [0.2, 0.25) is 5.91 Å². The largest absolute Gasteiger partial charge is 0.480 e. The molecule has 6 heteroatoms. The Balaban J connectivity index is 2.28. The molecule has 0 unspecified atom stereocenters. The quantitative estimate of drug-likeness (QED) is 0.781. The fourth-order valence-electron chi connectivity index (χ4n) is 1.99. The van der Waals surface area contributed by atoms with Crippen LogP contribution in [-0.4, -0.2) is 28.0 Å². The normalized spacial score (nSPS) is 12.3. The lowest BCUT2D eigenvalue weighted by molar-refractivity contribution is -0.141. The maximum Gasteiger partial charge on any atom is 0.326 e. The van der Waals surface area contributed by atoms with Gasteiger partial charge in [0.25, 0.3) is 0 Å². The summed E-state index contributed by atoms with van der Waals surface area (Å²) < 4.78 is 13.0. The second-order valence-corrected chi connectivity index (χ2v) is 4.30. The molecule has 100 valence electrons. The van der Waals surface area contributed by atoms with Gasteiger partial charge < -0.3 is 15.4 Å². The lowest BCUT2D eigenvalue weighted by atomic mass is 10.0. The number of fused-ring (bicyclic) bond motifs is 1. The highest BCUT2D eigenvalue weighted by Crippen LogP contribution is 2.20. The van der Waals surface area contributed by atoms with Gasteiger partial charge in [-0.3, -0.25) is 4.79 Å². The summed E-state index contributed by atoms with van der Waals surface area (Å²) in [6.45, 7) is 1.26. The van der Waals surface area contributed by atoms with Crippen molar-refractivity contribution in [2.45, 2.75) is 19.4 Å². The first-order valence-corrected chi connectivity index (χ1v) is 5.73. The summed E-state index contributed by atoms with van der Waals surface area (Å²) in [6, 6.07) is 3.24. The molecule has 0 aliphatic rings. The number of carbonyl (C=O) groups is 2. The minimum atomic E-state index is -1.10. The first-order chi connectivity index (χ1) is 8.97. The van der Waals surface area contributed by atoms with Crippen molar-refractivity contribution in [3.63, 3.8) is 0 Å². The third-order valence-electron chi connectivity index (χ3n) is 2.83. The fourth-order valence-corrected chi connectivity index (χ4v) is 1.99. The van der Waals surface area contributed by atoms with Crippen LogP contribution in [0.15, 0.2) is 24.4 Å². The Hall–Kier alpha value is -2.37. The van der Waals surface area contributed by atoms with Crippen LogP contribution in [0.4, 0.5) is 4.39 Å². The average molecular weight is 264 g/mol. The molecule has 1 amide bonds. The fraction of sp³-hybridized carbons (Fsp3) is 0.231. The van der Waals surface area contributed by atoms with Gasteiger partial charge in [-0.25, -0.2) is 9.18 Å². The van der Waals surface area contributed by atoms with Gasteiger partial charge in [-0.1, -0.05) is 0 Å². The van der Waals surface area contributed by atoms with E-state index in [1.165, 1.54) is 19.1 Å². The number of H-pyrrole nitrogens is 1. The maximum absolute atomic E-state index is 13.0. The number of benzene rings is 1. The van der Waals surface area contributed by atoms with Crippen molar-refractivity contribution in [3.05, 3.63) is 35.8 Å². The molecule has 1 aromatic heterocycles. The van der Waals surface area contributed by atoms with E-state index >= 15 is 0 Å². The third kappa shape index (κ3) is 2.90. The highest BCUT2D eigenvalue weighted by Gasteiger charge is 2.20. The Morgan fingerprint density at radius 2 is 2.21 bits per heavy atom. The Morgan fingerprint density at radius 1 is 1.47 bits per heavy atom. The number of amides is 1. The van der Waals surface area contributed by atoms with Gasteiger partial charge in [-0.05, 0) is 23.8 Å². The second kappa shape index (κ2) is 5.09. The highest BCUT2D eigenvalue weighted by atomic mass is 19.1. The molecule has 2 rings (SSSR count). The van der Waals surface area contributed by atoms with Crippen molar-refractivity contribution >= 4 is 22.8 Å². The predicted octanol–water partition coefficient (Wildman–Crippen LogP) is 1.44. The standard InChI is InChI=1S/C13H13FN2O3/c1-7(17)16-12(13(18)19)4-8-6-15-11-5-9(14)2-3-10(8)11/h2-3,5-6,12,15H,4H2,1H3,(H,16,17)(H,18,19)/t12-/m1/s1. The first kappa shape index (κ1) is 13.1. The molecule has 1 atom stereocenters. The molecule has 3 N–H and O–H groups in total. The van der Waals surface area contributed by atoms with Crippen molar-refractivity contribution in [1.29, 1.82) is 0 Å². The SMILES string of the molecule is CC(=O)N[C@H](Cc1c[nH]c2cc(F)ccc12)C(=O)O. The van der Waals surface area contributed by atoms with E-state index < -0.39 is 17.9 Å². The van der Waals surface area contributed by atoms with Crippen LogP contribution in [0.3, 0.4) is 0 Å². The van der Waals surface area contributed by atoms with Crippen molar-refractivity contribution in [2.75, 3.05) is 0 Å². The van der Waals surface area contributed by atoms with Crippen LogP contribution in [-0.2, 0) is 16.0 Å². The molecule has 0 radical (unpaired) electrons. The Kier molecular flexibility index (Phi) is 3.50. The zero-order chi connectivity index (χ0) is 14.0. The van der Waals surface area contributed by atoms with Crippen molar-refractivity contribution < 1.29 is 19.1 Å². The molecule has 1 aromatic carbocycles. The number of rotatable bonds is 4. The number of carbonyl (C=O) groups excluding carboxylic acids is 1. The van der Waals surface area contributed by atoms with Crippen LogP contribution in [0.25, 0.3) is 10.9 Å². The summed E-state index contributed by atoms with van der Waals surface area (Å²) in [4.78, 5) is 24.9. The third-order valence-corrected chi connectivity index (χ3v) is 2.83. The summed E-state index contributed by atoms with van der Waals surface area (Å²) in [5, 5.41) is 12.2. The van der Waals surface area contributed by atoms with E-state index in [4.69, 9.17) is 5.11 Å². The molecular weight excluding hydrogens is 251 g/mol. The van der Waals surface area contributed by atoms with Crippen LogP contribution in [0.1, 0.15) is 12.5 Å². The number of hydrogen-bond acceptors (Lipinski definition) is 2. The maximum atomic E-state index is 13.0. The lowest BCUT2D eigenvalue weighted by Gasteiger charge is -2.12. The first-order valence-electron chi connectivity index (χ1n) is 5.73. The van der Waals surface area contributed by atoms with E-state index in [9.17, 15) is 14.0 Å². The summed E-state index contributed by atoms with van der Waals surface area (Å²) >= 11 is 0. The lowest BCUT2D eigenvalue weighted by Crippen LogP contribution is -2.41. The Bertz CT molecular complexity index is 636. The van der Waals surface area contributed by atoms with Crippen LogP contribution in [0.2, 0.25) is 0 Å². The van der Waals surface area contributed by atoms with E-state index in [0.717, 1.165) is 10.9 Å². The van der Waals surface area contributed by atoms with Gasteiger partial charge in [0, 0.05) is 30.4 Å². The molecule has 1 heterocycles. The number of hydrogen-bond donors (Lipinski definition) is 3. The zero-order valence-corrected chi connectivity index (χ0v) is 10.2. The van der Waals surface area contributed by atoms with Crippen molar-refractivity contribution in [2.24, 2.45) is 0 Å². The molecule has 0 fully saturated rings. The van der Waals surface area contributed by atoms with Crippen molar-refractivity contribution in [3.8, 4) is 0 Å². The molecular formula is C13H13FN2O3. The number of aromatic amines is 1. The van der Waals surface area contributed by atoms with Crippen LogP contribution >= 0.6 is 0 Å². The van der Waals surface area contributed by atoms with E-state index in [2.05, 4.69) is 10.3 Å². The Labute approximate surface area is 108 Å². The van der Waals surface area contributed by atoms with Gasteiger partial charge in [0.1, 0.15) is 11.9 Å². The van der Waals surface area contributed by atoms with Gasteiger partial charge in [0.15, 0.2) is 0 Å². The van der Waals surface area contributed by atoms with E-state index in [1.54, 1.807) is 12.3 Å². The number of aromatic nitrogens is 1. The molecule has 0 spiro atoms. The number of nitrogens with one attached hydrogen (secondary N) is 2. The smallest absolute Gasteiger partial charge is 0.326 e. The predicted molar refractivity (Wildman–Crippen MR) is 67.2 cm³/mol. The zero-order valence-electron chi connectivity index (χ0n) is 10.2. The monoisotopic (exact) mass is 264 g/mol. The molecule has 0 bridgehead atoms. The van der Waals surface area contributed by atoms with E-state index in [0.29, 0.717) is 5.52 Å².